The molecule has 0 bridgehead atoms. The van der Waals surface area contributed by atoms with E-state index < -0.39 is 0 Å². The molecule has 5 nitrogen and oxygen atoms in total. The molecule has 0 aliphatic carbocycles. The van der Waals surface area contributed by atoms with E-state index in [4.69, 9.17) is 4.74 Å². The van der Waals surface area contributed by atoms with E-state index in [2.05, 4.69) is 15.5 Å². The summed E-state index contributed by atoms with van der Waals surface area (Å²) in [6.07, 6.45) is 0. The summed E-state index contributed by atoms with van der Waals surface area (Å²) in [7, 11) is 1.62. The Balaban J connectivity index is 2.47. The molecule has 106 valence electrons. The molecular formula is C15H19N3O2. The third-order valence-corrected chi connectivity index (χ3v) is 3.08. The average Bonchev–Trinajstić information content (AvgIpc) is 2.46. The highest BCUT2D eigenvalue weighted by Gasteiger charge is 2.10. The Bertz CT molecular complexity index is 650. The first-order valence-corrected chi connectivity index (χ1v) is 6.60. The van der Waals surface area contributed by atoms with Crippen LogP contribution in [0.3, 0.4) is 0 Å². The van der Waals surface area contributed by atoms with E-state index in [0.29, 0.717) is 17.8 Å². The van der Waals surface area contributed by atoms with Crippen molar-refractivity contribution in [1.82, 2.24) is 15.5 Å². The van der Waals surface area contributed by atoms with Crippen LogP contribution in [-0.2, 0) is 6.54 Å². The lowest BCUT2D eigenvalue weighted by Gasteiger charge is -2.10. The summed E-state index contributed by atoms with van der Waals surface area (Å²) in [6.45, 7) is 5.34. The maximum atomic E-state index is 11.7. The number of aryl methyl sites for hydroxylation is 1. The SMILES string of the molecule is CCNCc1cc(-c2cc(C)ccc2OC)n[nH]c1=O. The van der Waals surface area contributed by atoms with Crippen LogP contribution in [0, 0.1) is 6.92 Å². The van der Waals surface area contributed by atoms with E-state index in [1.165, 1.54) is 0 Å². The van der Waals surface area contributed by atoms with Gasteiger partial charge in [0.25, 0.3) is 5.56 Å². The molecule has 2 N–H and O–H groups in total. The van der Waals surface area contributed by atoms with E-state index in [1.54, 1.807) is 13.2 Å². The van der Waals surface area contributed by atoms with Crippen LogP contribution in [0.25, 0.3) is 11.3 Å². The first-order chi connectivity index (χ1) is 9.65. The average molecular weight is 273 g/mol. The highest BCUT2D eigenvalue weighted by molar-refractivity contribution is 5.68. The monoisotopic (exact) mass is 273 g/mol. The fourth-order valence-electron chi connectivity index (χ4n) is 2.00. The lowest BCUT2D eigenvalue weighted by atomic mass is 10.1. The van der Waals surface area contributed by atoms with Crippen LogP contribution in [0.5, 0.6) is 5.75 Å². The van der Waals surface area contributed by atoms with Crippen LogP contribution >= 0.6 is 0 Å². The number of aromatic amines is 1. The molecule has 0 saturated carbocycles. The number of methoxy groups -OCH3 is 1. The zero-order valence-corrected chi connectivity index (χ0v) is 12.0. The summed E-state index contributed by atoms with van der Waals surface area (Å²) in [5, 5.41) is 9.81. The predicted octanol–water partition coefficient (Wildman–Crippen LogP) is 1.86. The van der Waals surface area contributed by atoms with Gasteiger partial charge in [-0.2, -0.15) is 5.10 Å². The second-order valence-corrected chi connectivity index (χ2v) is 4.59. The molecule has 0 aliphatic heterocycles. The first kappa shape index (κ1) is 14.3. The maximum absolute atomic E-state index is 11.7. The quantitative estimate of drug-likeness (QED) is 0.872. The third kappa shape index (κ3) is 3.05. The molecule has 1 heterocycles. The molecule has 0 amide bonds. The van der Waals surface area contributed by atoms with Crippen molar-refractivity contribution in [3.05, 3.63) is 45.7 Å². The van der Waals surface area contributed by atoms with Crippen LogP contribution in [0.4, 0.5) is 0 Å². The summed E-state index contributed by atoms with van der Waals surface area (Å²) in [6, 6.07) is 7.68. The van der Waals surface area contributed by atoms with Gasteiger partial charge in [-0.05, 0) is 31.7 Å². The Kier molecular flexibility index (Phi) is 4.53. The summed E-state index contributed by atoms with van der Waals surface area (Å²) in [4.78, 5) is 11.7. The van der Waals surface area contributed by atoms with Crippen LogP contribution in [0.1, 0.15) is 18.1 Å². The molecule has 5 heteroatoms. The molecule has 1 aromatic heterocycles. The molecule has 2 rings (SSSR count). The first-order valence-electron chi connectivity index (χ1n) is 6.60. The topological polar surface area (TPSA) is 67.0 Å². The molecule has 0 saturated heterocycles. The number of nitrogens with one attached hydrogen (secondary N) is 2. The zero-order chi connectivity index (χ0) is 14.5. The number of nitrogens with zero attached hydrogens (tertiary/aromatic N) is 1. The van der Waals surface area contributed by atoms with Gasteiger partial charge >= 0.3 is 0 Å². The lowest BCUT2D eigenvalue weighted by Crippen LogP contribution is -2.21. The van der Waals surface area contributed by atoms with Crippen molar-refractivity contribution in [2.75, 3.05) is 13.7 Å². The van der Waals surface area contributed by atoms with Crippen molar-refractivity contribution in [2.45, 2.75) is 20.4 Å². The number of H-pyrrole nitrogens is 1. The van der Waals surface area contributed by atoms with Crippen molar-refractivity contribution < 1.29 is 4.74 Å². The highest BCUT2D eigenvalue weighted by atomic mass is 16.5. The van der Waals surface area contributed by atoms with Crippen LogP contribution < -0.4 is 15.6 Å². The summed E-state index contributed by atoms with van der Waals surface area (Å²) < 4.78 is 5.36. The smallest absolute Gasteiger partial charge is 0.268 e. The van der Waals surface area contributed by atoms with E-state index >= 15 is 0 Å². The van der Waals surface area contributed by atoms with Crippen LogP contribution in [0.2, 0.25) is 0 Å². The van der Waals surface area contributed by atoms with Gasteiger partial charge in [-0.1, -0.05) is 18.6 Å². The van der Waals surface area contributed by atoms with Crippen molar-refractivity contribution in [1.29, 1.82) is 0 Å². The minimum absolute atomic E-state index is 0.165. The minimum atomic E-state index is -0.165. The van der Waals surface area contributed by atoms with Crippen molar-refractivity contribution in [2.24, 2.45) is 0 Å². The molecule has 1 aromatic carbocycles. The van der Waals surface area contributed by atoms with Crippen molar-refractivity contribution >= 4 is 0 Å². The number of aromatic nitrogens is 2. The van der Waals surface area contributed by atoms with E-state index in [1.807, 2.05) is 32.0 Å². The molecular weight excluding hydrogens is 254 g/mol. The van der Waals surface area contributed by atoms with Gasteiger partial charge in [-0.3, -0.25) is 4.79 Å². The Morgan fingerprint density at radius 3 is 2.85 bits per heavy atom. The molecule has 20 heavy (non-hydrogen) atoms. The fourth-order valence-corrected chi connectivity index (χ4v) is 2.00. The maximum Gasteiger partial charge on any atom is 0.268 e. The van der Waals surface area contributed by atoms with E-state index in [-0.39, 0.29) is 5.56 Å². The summed E-state index contributed by atoms with van der Waals surface area (Å²) in [5.41, 5.74) is 3.20. The number of benzene rings is 1. The van der Waals surface area contributed by atoms with Gasteiger partial charge in [0, 0.05) is 17.7 Å². The molecule has 0 aliphatic rings. The number of hydrogen-bond donors (Lipinski definition) is 2. The Hall–Kier alpha value is -2.14. The van der Waals surface area contributed by atoms with Gasteiger partial charge < -0.3 is 10.1 Å². The molecule has 0 radical (unpaired) electrons. The number of hydrogen-bond acceptors (Lipinski definition) is 4. The second-order valence-electron chi connectivity index (χ2n) is 4.59. The Labute approximate surface area is 118 Å². The summed E-state index contributed by atoms with van der Waals surface area (Å²) in [5.74, 6) is 0.740. The highest BCUT2D eigenvalue weighted by Crippen LogP contribution is 2.29. The largest absolute Gasteiger partial charge is 0.496 e. The number of rotatable bonds is 5. The summed E-state index contributed by atoms with van der Waals surface area (Å²) >= 11 is 0. The molecule has 2 aromatic rings. The molecule has 0 spiro atoms. The zero-order valence-electron chi connectivity index (χ0n) is 12.0. The van der Waals surface area contributed by atoms with Gasteiger partial charge in [0.15, 0.2) is 0 Å². The third-order valence-electron chi connectivity index (χ3n) is 3.08. The minimum Gasteiger partial charge on any atom is -0.496 e. The molecule has 0 fully saturated rings. The van der Waals surface area contributed by atoms with Gasteiger partial charge in [0.1, 0.15) is 5.75 Å². The molecule has 0 atom stereocenters. The van der Waals surface area contributed by atoms with Crippen LogP contribution in [-0.4, -0.2) is 23.9 Å². The van der Waals surface area contributed by atoms with E-state index in [9.17, 15) is 4.79 Å². The van der Waals surface area contributed by atoms with Crippen molar-refractivity contribution in [3.8, 4) is 17.0 Å². The molecule has 0 unspecified atom stereocenters. The van der Waals surface area contributed by atoms with Gasteiger partial charge in [-0.25, -0.2) is 5.10 Å². The Morgan fingerprint density at radius 2 is 2.15 bits per heavy atom. The van der Waals surface area contributed by atoms with Crippen LogP contribution in [0.15, 0.2) is 29.1 Å². The lowest BCUT2D eigenvalue weighted by molar-refractivity contribution is 0.416. The Morgan fingerprint density at radius 1 is 1.35 bits per heavy atom. The fraction of sp³-hybridized carbons (Fsp3) is 0.333. The second kappa shape index (κ2) is 6.34. The normalized spacial score (nSPS) is 10.6. The standard InChI is InChI=1S/C15H19N3O2/c1-4-16-9-11-8-13(17-18-15(11)19)12-7-10(2)5-6-14(12)20-3/h5-8,16H,4,9H2,1-3H3,(H,18,19). The van der Waals surface area contributed by atoms with Crippen molar-refractivity contribution in [3.63, 3.8) is 0 Å². The van der Waals surface area contributed by atoms with Gasteiger partial charge in [0.2, 0.25) is 0 Å². The van der Waals surface area contributed by atoms with Gasteiger partial charge in [0.05, 0.1) is 12.8 Å². The van der Waals surface area contributed by atoms with E-state index in [0.717, 1.165) is 23.4 Å². The predicted molar refractivity (Wildman–Crippen MR) is 79.0 cm³/mol. The number of ether oxygens (including phenoxy) is 1. The van der Waals surface area contributed by atoms with Gasteiger partial charge in [-0.15, -0.1) is 0 Å².